The van der Waals surface area contributed by atoms with E-state index >= 15 is 0 Å². The molecule has 6 rings (SSSR count). The average molecular weight is 765 g/mol. The fourth-order valence-corrected chi connectivity index (χ4v) is 7.48. The molecule has 1 saturated heterocycles. The molecule has 2 unspecified atom stereocenters. The first-order chi connectivity index (χ1) is 25.1. The SMILES string of the molecule is CCC(NCc1cc(Cl)c(Cn2ncc3c(-c4cccc(-c5ccc(CNCC6CCC(=O)N6)c(OC)c5)c4Cl)ccc(Cl)c32)cc1OC)C(=O)O. The predicted molar refractivity (Wildman–Crippen MR) is 206 cm³/mol. The monoisotopic (exact) mass is 763 g/mol. The topological polar surface area (TPSA) is 127 Å². The summed E-state index contributed by atoms with van der Waals surface area (Å²) in [7, 11) is 3.22. The second kappa shape index (κ2) is 16.6. The van der Waals surface area contributed by atoms with E-state index in [1.54, 1.807) is 31.2 Å². The minimum Gasteiger partial charge on any atom is -0.496 e. The predicted octanol–water partition coefficient (Wildman–Crippen LogP) is 7.72. The fourth-order valence-electron chi connectivity index (χ4n) is 6.63. The molecule has 13 heteroatoms. The number of methoxy groups -OCH3 is 2. The maximum Gasteiger partial charge on any atom is 0.320 e. The average Bonchev–Trinajstić information content (AvgIpc) is 3.76. The van der Waals surface area contributed by atoms with Crippen LogP contribution < -0.4 is 25.4 Å². The van der Waals surface area contributed by atoms with Crippen molar-refractivity contribution >= 4 is 57.6 Å². The van der Waals surface area contributed by atoms with Crippen molar-refractivity contribution in [2.75, 3.05) is 20.8 Å². The van der Waals surface area contributed by atoms with Crippen molar-refractivity contribution in [1.82, 2.24) is 25.7 Å². The molecule has 0 radical (unpaired) electrons. The number of carboxylic acids is 1. The summed E-state index contributed by atoms with van der Waals surface area (Å²) >= 11 is 20.8. The van der Waals surface area contributed by atoms with Gasteiger partial charge in [0.2, 0.25) is 5.91 Å². The van der Waals surface area contributed by atoms with Crippen molar-refractivity contribution in [2.24, 2.45) is 0 Å². The lowest BCUT2D eigenvalue weighted by molar-refractivity contribution is -0.139. The van der Waals surface area contributed by atoms with E-state index in [2.05, 4.69) is 16.0 Å². The molecule has 0 spiro atoms. The van der Waals surface area contributed by atoms with Gasteiger partial charge in [-0.3, -0.25) is 14.3 Å². The zero-order valence-electron chi connectivity index (χ0n) is 29.1. The van der Waals surface area contributed by atoms with Crippen molar-refractivity contribution in [3.05, 3.63) is 98.6 Å². The number of ether oxygens (including phenoxy) is 2. The molecular formula is C39H40Cl3N5O5. The van der Waals surface area contributed by atoms with Crippen LogP contribution in [0.3, 0.4) is 0 Å². The highest BCUT2D eigenvalue weighted by molar-refractivity contribution is 6.38. The van der Waals surface area contributed by atoms with E-state index in [1.807, 2.05) is 61.5 Å². The normalized spacial score (nSPS) is 14.8. The zero-order valence-corrected chi connectivity index (χ0v) is 31.3. The van der Waals surface area contributed by atoms with Gasteiger partial charge in [0.05, 0.1) is 42.5 Å². The van der Waals surface area contributed by atoms with Gasteiger partial charge in [0.1, 0.15) is 17.5 Å². The number of amides is 1. The van der Waals surface area contributed by atoms with Gasteiger partial charge in [-0.2, -0.15) is 5.10 Å². The summed E-state index contributed by atoms with van der Waals surface area (Å²) in [6.07, 6.45) is 3.64. The van der Waals surface area contributed by atoms with Crippen LogP contribution in [0, 0.1) is 0 Å². The molecule has 1 amide bonds. The number of rotatable bonds is 15. The molecule has 10 nitrogen and oxygen atoms in total. The molecule has 2 heterocycles. The van der Waals surface area contributed by atoms with Crippen LogP contribution in [0.4, 0.5) is 0 Å². The molecule has 52 heavy (non-hydrogen) atoms. The number of halogens is 3. The first-order valence-electron chi connectivity index (χ1n) is 17.0. The molecule has 5 aromatic rings. The van der Waals surface area contributed by atoms with Gasteiger partial charge in [0.15, 0.2) is 0 Å². The van der Waals surface area contributed by atoms with Crippen LogP contribution in [0.1, 0.15) is 42.9 Å². The third-order valence-corrected chi connectivity index (χ3v) is 10.5. The number of aromatic nitrogens is 2. The molecule has 0 bridgehead atoms. The number of hydrogen-bond donors (Lipinski definition) is 4. The van der Waals surface area contributed by atoms with Crippen LogP contribution in [-0.4, -0.2) is 59.6 Å². The van der Waals surface area contributed by atoms with Crippen LogP contribution in [0.25, 0.3) is 33.2 Å². The van der Waals surface area contributed by atoms with E-state index < -0.39 is 12.0 Å². The lowest BCUT2D eigenvalue weighted by Gasteiger charge is -2.17. The Bertz CT molecular complexity index is 2120. The Hall–Kier alpha value is -4.32. The van der Waals surface area contributed by atoms with Gasteiger partial charge in [-0.25, -0.2) is 0 Å². The van der Waals surface area contributed by atoms with E-state index in [4.69, 9.17) is 49.4 Å². The highest BCUT2D eigenvalue weighted by Gasteiger charge is 2.22. The molecule has 1 aromatic heterocycles. The third-order valence-electron chi connectivity index (χ3n) is 9.45. The summed E-state index contributed by atoms with van der Waals surface area (Å²) in [4.78, 5) is 23.0. The van der Waals surface area contributed by atoms with E-state index in [9.17, 15) is 14.7 Å². The highest BCUT2D eigenvalue weighted by atomic mass is 35.5. The van der Waals surface area contributed by atoms with Crippen LogP contribution in [0.2, 0.25) is 15.1 Å². The standard InChI is InChI=1S/C39H40Cl3N5O5/c1-4-33(39(49)50)44-18-24-14-32(41)25(16-35(24)52-3)21-47-38-30(20-45-47)28(11-12-31(38)40)29-7-5-6-27(37(29)42)22-8-9-23(34(15-22)51-2)17-43-19-26-10-13-36(48)46-26/h5-9,11-12,14-16,20,26,33,43-44H,4,10,13,17-19,21H2,1-3H3,(H,46,48)(H,49,50). The lowest BCUT2D eigenvalue weighted by Crippen LogP contribution is -2.35. The minimum absolute atomic E-state index is 0.102. The van der Waals surface area contributed by atoms with Crippen molar-refractivity contribution in [3.8, 4) is 33.8 Å². The quantitative estimate of drug-likeness (QED) is 0.0855. The number of carbonyl (C=O) groups is 2. The summed E-state index contributed by atoms with van der Waals surface area (Å²) in [5.74, 6) is 0.511. The summed E-state index contributed by atoms with van der Waals surface area (Å²) < 4.78 is 13.2. The van der Waals surface area contributed by atoms with Crippen LogP contribution >= 0.6 is 34.8 Å². The van der Waals surface area contributed by atoms with Crippen molar-refractivity contribution in [2.45, 2.75) is 57.9 Å². The number of benzene rings is 4. The molecule has 272 valence electrons. The Balaban J connectivity index is 1.26. The second-order valence-electron chi connectivity index (χ2n) is 12.7. The summed E-state index contributed by atoms with van der Waals surface area (Å²) in [6.45, 7) is 3.70. The maximum atomic E-state index is 11.5. The third kappa shape index (κ3) is 8.01. The van der Waals surface area contributed by atoms with Crippen LogP contribution in [0.5, 0.6) is 11.5 Å². The maximum absolute atomic E-state index is 11.5. The molecule has 1 fully saturated rings. The number of fused-ring (bicyclic) bond motifs is 1. The van der Waals surface area contributed by atoms with Gasteiger partial charge in [0.25, 0.3) is 0 Å². The van der Waals surface area contributed by atoms with Crippen molar-refractivity contribution in [3.63, 3.8) is 0 Å². The molecule has 0 aliphatic carbocycles. The minimum atomic E-state index is -0.911. The van der Waals surface area contributed by atoms with Crippen LogP contribution in [0.15, 0.2) is 66.9 Å². The smallest absolute Gasteiger partial charge is 0.320 e. The lowest BCUT2D eigenvalue weighted by atomic mass is 9.96. The number of hydrogen-bond acceptors (Lipinski definition) is 7. The fraction of sp³-hybridized carbons (Fsp3) is 0.308. The van der Waals surface area contributed by atoms with Gasteiger partial charge < -0.3 is 30.5 Å². The molecule has 0 saturated carbocycles. The van der Waals surface area contributed by atoms with E-state index in [-0.39, 0.29) is 18.5 Å². The summed E-state index contributed by atoms with van der Waals surface area (Å²) in [6, 6.07) is 18.9. The van der Waals surface area contributed by atoms with E-state index in [0.29, 0.717) is 53.3 Å². The van der Waals surface area contributed by atoms with Crippen LogP contribution in [-0.2, 0) is 29.2 Å². The Kier molecular flexibility index (Phi) is 11.9. The largest absolute Gasteiger partial charge is 0.496 e. The Morgan fingerprint density at radius 3 is 2.44 bits per heavy atom. The molecule has 4 N–H and O–H groups in total. The van der Waals surface area contributed by atoms with E-state index in [0.717, 1.165) is 62.0 Å². The van der Waals surface area contributed by atoms with Crippen molar-refractivity contribution in [1.29, 1.82) is 0 Å². The Labute approximate surface area is 317 Å². The van der Waals surface area contributed by atoms with E-state index in [1.165, 1.54) is 0 Å². The molecule has 1 aliphatic heterocycles. The summed E-state index contributed by atoms with van der Waals surface area (Å²) in [5, 5.41) is 26.0. The highest BCUT2D eigenvalue weighted by Crippen LogP contribution is 2.42. The zero-order chi connectivity index (χ0) is 36.9. The Morgan fingerprint density at radius 2 is 1.73 bits per heavy atom. The number of nitrogens with zero attached hydrogens (tertiary/aromatic N) is 2. The number of carbonyl (C=O) groups excluding carboxylic acids is 1. The Morgan fingerprint density at radius 1 is 0.962 bits per heavy atom. The second-order valence-corrected chi connectivity index (χ2v) is 13.9. The first-order valence-corrected chi connectivity index (χ1v) is 18.2. The van der Waals surface area contributed by atoms with Gasteiger partial charge in [0, 0.05) is 64.8 Å². The molecule has 2 atom stereocenters. The van der Waals surface area contributed by atoms with Gasteiger partial charge in [-0.05, 0) is 53.8 Å². The number of aliphatic carboxylic acids is 1. The molecular weight excluding hydrogens is 725 g/mol. The molecule has 4 aromatic carbocycles. The molecule has 1 aliphatic rings. The first kappa shape index (κ1) is 37.4. The van der Waals surface area contributed by atoms with Gasteiger partial charge in [-0.15, -0.1) is 0 Å². The number of carboxylic acid groups (broad SMARTS) is 1. The van der Waals surface area contributed by atoms with Gasteiger partial charge in [-0.1, -0.05) is 78.1 Å². The van der Waals surface area contributed by atoms with Gasteiger partial charge >= 0.3 is 5.97 Å². The summed E-state index contributed by atoms with van der Waals surface area (Å²) in [5.41, 5.74) is 6.69. The number of nitrogens with one attached hydrogen (secondary N) is 3. The van der Waals surface area contributed by atoms with Crippen molar-refractivity contribution < 1.29 is 24.2 Å².